The van der Waals surface area contributed by atoms with Crippen LogP contribution in [0.3, 0.4) is 0 Å². The molecule has 1 fully saturated rings. The first-order valence-corrected chi connectivity index (χ1v) is 12.4. The minimum absolute atomic E-state index is 0.0598. The van der Waals surface area contributed by atoms with Crippen LogP contribution in [0.2, 0.25) is 5.02 Å². The fourth-order valence-electron chi connectivity index (χ4n) is 2.90. The molecular formula is C17H22ClN2O7PS. The third-order valence-corrected chi connectivity index (χ3v) is 8.62. The van der Waals surface area contributed by atoms with E-state index in [-0.39, 0.29) is 47.1 Å². The van der Waals surface area contributed by atoms with Gasteiger partial charge in [0.05, 0.1) is 24.3 Å². The molecule has 9 nitrogen and oxygen atoms in total. The average molecular weight is 465 g/mol. The molecule has 1 aromatic heterocycles. The maximum atomic E-state index is 13.0. The van der Waals surface area contributed by atoms with Gasteiger partial charge in [-0.15, -0.1) is 0 Å². The number of morpholine rings is 1. The number of H-pyrrole nitrogens is 1. The summed E-state index contributed by atoms with van der Waals surface area (Å²) in [5.74, 6) is 0. The smallest absolute Gasteiger partial charge is 0.364 e. The third kappa shape index (κ3) is 4.59. The van der Waals surface area contributed by atoms with Crippen molar-refractivity contribution in [2.24, 2.45) is 0 Å². The molecule has 0 spiro atoms. The van der Waals surface area contributed by atoms with Crippen LogP contribution in [0.15, 0.2) is 27.9 Å². The lowest BCUT2D eigenvalue weighted by atomic mass is 10.2. The fourth-order valence-corrected chi connectivity index (χ4v) is 6.22. The quantitative estimate of drug-likeness (QED) is 0.624. The zero-order valence-corrected chi connectivity index (χ0v) is 18.4. The standard InChI is InChI=1S/C17H22ClN2O7PS/c1-3-11(2)27-28(22,23)15-8-12-9-16(13(18)10-14(12)19-17(15)21)29(24,25)20-4-6-26-7-5-20/h8-11H,3-7H2,1-2H3,(H,19,21)(H,22,23). The Morgan fingerprint density at radius 2 is 2.00 bits per heavy atom. The number of sulfonamides is 1. The van der Waals surface area contributed by atoms with Gasteiger partial charge in [0.15, 0.2) is 0 Å². The number of aromatic amines is 1. The number of hydrogen-bond acceptors (Lipinski definition) is 6. The number of hydrogen-bond donors (Lipinski definition) is 2. The van der Waals surface area contributed by atoms with Crippen LogP contribution in [0.4, 0.5) is 0 Å². The predicted molar refractivity (Wildman–Crippen MR) is 109 cm³/mol. The summed E-state index contributed by atoms with van der Waals surface area (Å²) in [5, 5.41) is -0.268. The molecule has 29 heavy (non-hydrogen) atoms. The van der Waals surface area contributed by atoms with Crippen molar-refractivity contribution in [1.29, 1.82) is 0 Å². The second-order valence-corrected chi connectivity index (χ2v) is 10.8. The number of nitrogens with zero attached hydrogens (tertiary/aromatic N) is 1. The van der Waals surface area contributed by atoms with E-state index in [1.807, 2.05) is 0 Å². The minimum Gasteiger partial charge on any atom is -0.379 e. The molecule has 1 aromatic carbocycles. The van der Waals surface area contributed by atoms with Gasteiger partial charge in [0.2, 0.25) is 10.0 Å². The second kappa shape index (κ2) is 8.47. The SMILES string of the molecule is CCC(C)OP(=O)(O)c1cc2cc(S(=O)(=O)N3CCOCC3)c(Cl)cc2[nH]c1=O. The Kier molecular flexibility index (Phi) is 6.55. The van der Waals surface area contributed by atoms with E-state index < -0.39 is 34.6 Å². The summed E-state index contributed by atoms with van der Waals surface area (Å²) >= 11 is 6.19. The average Bonchev–Trinajstić information content (AvgIpc) is 2.67. The van der Waals surface area contributed by atoms with E-state index in [0.29, 0.717) is 6.42 Å². The van der Waals surface area contributed by atoms with E-state index in [1.165, 1.54) is 22.5 Å². The number of ether oxygens (including phenoxy) is 1. The first kappa shape index (κ1) is 22.4. The monoisotopic (exact) mass is 464 g/mol. The van der Waals surface area contributed by atoms with Crippen LogP contribution in [0, 0.1) is 0 Å². The van der Waals surface area contributed by atoms with Gasteiger partial charge in [0, 0.05) is 24.0 Å². The van der Waals surface area contributed by atoms with Crippen LogP contribution in [0.25, 0.3) is 10.9 Å². The summed E-state index contributed by atoms with van der Waals surface area (Å²) in [7, 11) is -8.31. The molecule has 1 aliphatic rings. The molecule has 1 saturated heterocycles. The number of halogens is 1. The Labute approximate surface area is 173 Å². The van der Waals surface area contributed by atoms with Gasteiger partial charge in [-0.1, -0.05) is 18.5 Å². The van der Waals surface area contributed by atoms with Crippen molar-refractivity contribution >= 4 is 45.4 Å². The topological polar surface area (TPSA) is 126 Å². The molecule has 0 aliphatic carbocycles. The van der Waals surface area contributed by atoms with Crippen LogP contribution < -0.4 is 10.9 Å². The summed E-state index contributed by atoms with van der Waals surface area (Å²) in [6.07, 6.45) is -0.0588. The van der Waals surface area contributed by atoms with Crippen LogP contribution >= 0.6 is 19.2 Å². The molecule has 0 radical (unpaired) electrons. The van der Waals surface area contributed by atoms with E-state index in [4.69, 9.17) is 20.9 Å². The highest BCUT2D eigenvalue weighted by Crippen LogP contribution is 2.42. The molecule has 1 aliphatic heterocycles. The van der Waals surface area contributed by atoms with Crippen molar-refractivity contribution in [3.8, 4) is 0 Å². The summed E-state index contributed by atoms with van der Waals surface area (Å²) in [5.41, 5.74) is -0.556. The summed E-state index contributed by atoms with van der Waals surface area (Å²) in [4.78, 5) is 24.9. The number of fused-ring (bicyclic) bond motifs is 1. The van der Waals surface area contributed by atoms with Crippen molar-refractivity contribution in [3.63, 3.8) is 0 Å². The molecule has 2 atom stereocenters. The van der Waals surface area contributed by atoms with E-state index in [1.54, 1.807) is 13.8 Å². The van der Waals surface area contributed by atoms with Gasteiger partial charge in [0.25, 0.3) is 5.56 Å². The fraction of sp³-hybridized carbons (Fsp3) is 0.471. The number of benzene rings is 1. The molecule has 0 saturated carbocycles. The first-order chi connectivity index (χ1) is 13.6. The molecule has 0 amide bonds. The van der Waals surface area contributed by atoms with Crippen molar-refractivity contribution in [2.75, 3.05) is 26.3 Å². The van der Waals surface area contributed by atoms with E-state index in [2.05, 4.69) is 4.98 Å². The van der Waals surface area contributed by atoms with Gasteiger partial charge in [-0.25, -0.2) is 8.42 Å². The lowest BCUT2D eigenvalue weighted by Crippen LogP contribution is -2.40. The predicted octanol–water partition coefficient (Wildman–Crippen LogP) is 1.83. The summed E-state index contributed by atoms with van der Waals surface area (Å²) < 4.78 is 50.1. The molecule has 12 heteroatoms. The van der Waals surface area contributed by atoms with E-state index >= 15 is 0 Å². The maximum Gasteiger partial charge on any atom is 0.364 e. The molecule has 2 unspecified atom stereocenters. The Hall–Kier alpha value is -1.26. The molecule has 3 rings (SSSR count). The van der Waals surface area contributed by atoms with Gasteiger partial charge in [-0.2, -0.15) is 4.31 Å². The zero-order chi connectivity index (χ0) is 21.4. The van der Waals surface area contributed by atoms with Gasteiger partial charge >= 0.3 is 7.60 Å². The minimum atomic E-state index is -4.41. The van der Waals surface area contributed by atoms with Crippen LogP contribution in [0.5, 0.6) is 0 Å². The summed E-state index contributed by atoms with van der Waals surface area (Å²) in [6, 6.07) is 3.77. The molecule has 2 heterocycles. The van der Waals surface area contributed by atoms with Gasteiger partial charge in [-0.05, 0) is 31.5 Å². The van der Waals surface area contributed by atoms with Crippen molar-refractivity contribution in [2.45, 2.75) is 31.3 Å². The number of pyridine rings is 1. The number of aromatic nitrogens is 1. The van der Waals surface area contributed by atoms with Crippen molar-refractivity contribution < 1.29 is 27.1 Å². The normalized spacial score (nSPS) is 19.2. The second-order valence-electron chi connectivity index (χ2n) is 6.71. The first-order valence-electron chi connectivity index (χ1n) is 9.02. The molecule has 2 N–H and O–H groups in total. The molecular weight excluding hydrogens is 443 g/mol. The molecule has 0 bridgehead atoms. The lowest BCUT2D eigenvalue weighted by Gasteiger charge is -2.26. The highest BCUT2D eigenvalue weighted by molar-refractivity contribution is 7.89. The molecule has 2 aromatic rings. The summed E-state index contributed by atoms with van der Waals surface area (Å²) in [6.45, 7) is 4.35. The highest BCUT2D eigenvalue weighted by atomic mass is 35.5. The maximum absolute atomic E-state index is 13.0. The van der Waals surface area contributed by atoms with Crippen LogP contribution in [-0.4, -0.2) is 55.0 Å². The number of rotatable bonds is 6. The van der Waals surface area contributed by atoms with Crippen LogP contribution in [-0.2, 0) is 23.8 Å². The van der Waals surface area contributed by atoms with Gasteiger partial charge in [0.1, 0.15) is 10.2 Å². The Morgan fingerprint density at radius 1 is 1.34 bits per heavy atom. The van der Waals surface area contributed by atoms with E-state index in [9.17, 15) is 22.7 Å². The lowest BCUT2D eigenvalue weighted by molar-refractivity contribution is 0.0730. The van der Waals surface area contributed by atoms with Crippen LogP contribution in [0.1, 0.15) is 20.3 Å². The third-order valence-electron chi connectivity index (χ3n) is 4.67. The molecule has 160 valence electrons. The van der Waals surface area contributed by atoms with Crippen molar-refractivity contribution in [3.05, 3.63) is 33.6 Å². The Balaban J connectivity index is 2.12. The Bertz CT molecular complexity index is 1130. The van der Waals surface area contributed by atoms with E-state index in [0.717, 1.165) is 0 Å². The highest BCUT2D eigenvalue weighted by Gasteiger charge is 2.31. The van der Waals surface area contributed by atoms with Gasteiger partial charge in [-0.3, -0.25) is 9.36 Å². The zero-order valence-electron chi connectivity index (χ0n) is 15.9. The van der Waals surface area contributed by atoms with Gasteiger partial charge < -0.3 is 19.1 Å². The largest absolute Gasteiger partial charge is 0.379 e. The number of nitrogens with one attached hydrogen (secondary N) is 1. The Morgan fingerprint density at radius 3 is 2.62 bits per heavy atom. The van der Waals surface area contributed by atoms with Crippen molar-refractivity contribution in [1.82, 2.24) is 9.29 Å².